The third-order valence-electron chi connectivity index (χ3n) is 7.53. The molecule has 1 aromatic rings. The molecule has 0 radical (unpaired) electrons. The van der Waals surface area contributed by atoms with E-state index < -0.39 is 0 Å². The molecule has 4 heteroatoms. The number of para-hydroxylation sites is 1. The number of rotatable bonds is 2. The summed E-state index contributed by atoms with van der Waals surface area (Å²) >= 11 is 0. The first-order valence-electron chi connectivity index (χ1n) is 9.38. The first-order chi connectivity index (χ1) is 11.7. The van der Waals surface area contributed by atoms with E-state index in [0.717, 1.165) is 32.4 Å². The van der Waals surface area contributed by atoms with Crippen LogP contribution in [-0.2, 0) is 14.9 Å². The van der Waals surface area contributed by atoms with Crippen molar-refractivity contribution in [3.05, 3.63) is 29.8 Å². The molecule has 1 N–H and O–H groups in total. The molecule has 1 aliphatic carbocycles. The van der Waals surface area contributed by atoms with E-state index in [1.807, 2.05) is 0 Å². The molecule has 2 bridgehead atoms. The average Bonchev–Trinajstić information content (AvgIpc) is 3.17. The molecule has 3 fully saturated rings. The molecule has 6 atom stereocenters. The van der Waals surface area contributed by atoms with Crippen LogP contribution in [-0.4, -0.2) is 43.2 Å². The molecular formula is C20H26N2O2. The number of esters is 1. The largest absolute Gasteiger partial charge is 0.469 e. The monoisotopic (exact) mass is 326 g/mol. The maximum Gasteiger partial charge on any atom is 0.311 e. The zero-order chi connectivity index (χ0) is 16.5. The van der Waals surface area contributed by atoms with Crippen LogP contribution in [0.25, 0.3) is 0 Å². The second kappa shape index (κ2) is 4.98. The average molecular weight is 326 g/mol. The number of nitrogens with one attached hydrogen (secondary N) is 1. The Hall–Kier alpha value is -1.55. The second-order valence-electron chi connectivity index (χ2n) is 8.09. The highest BCUT2D eigenvalue weighted by atomic mass is 16.5. The lowest BCUT2D eigenvalue weighted by Crippen LogP contribution is -2.65. The number of nitrogens with zero attached hydrogens (tertiary/aromatic N) is 1. The molecule has 4 aliphatic rings. The summed E-state index contributed by atoms with van der Waals surface area (Å²) in [6.45, 7) is 4.58. The van der Waals surface area contributed by atoms with Gasteiger partial charge in [0.2, 0.25) is 0 Å². The Kier molecular flexibility index (Phi) is 3.06. The normalized spacial score (nSPS) is 42.2. The molecule has 24 heavy (non-hydrogen) atoms. The van der Waals surface area contributed by atoms with E-state index in [2.05, 4.69) is 41.4 Å². The summed E-state index contributed by atoms with van der Waals surface area (Å²) in [6.07, 6.45) is 3.45. The van der Waals surface area contributed by atoms with Gasteiger partial charge in [0.05, 0.1) is 19.1 Å². The lowest BCUT2D eigenvalue weighted by molar-refractivity contribution is -0.154. The SMILES string of the molecule is CC[C@@H]1CN2CC[C@]34c5ccccc5N[C@H]3[C@H](C(=O)OC)[C@H]1C[C@H]24. The van der Waals surface area contributed by atoms with Gasteiger partial charge in [-0.2, -0.15) is 0 Å². The van der Waals surface area contributed by atoms with Gasteiger partial charge >= 0.3 is 5.97 Å². The van der Waals surface area contributed by atoms with E-state index in [4.69, 9.17) is 4.74 Å². The van der Waals surface area contributed by atoms with Gasteiger partial charge in [0.15, 0.2) is 0 Å². The summed E-state index contributed by atoms with van der Waals surface area (Å²) in [5.74, 6) is 1.01. The number of carbonyl (C=O) groups is 1. The predicted molar refractivity (Wildman–Crippen MR) is 92.9 cm³/mol. The molecule has 128 valence electrons. The summed E-state index contributed by atoms with van der Waals surface area (Å²) < 4.78 is 5.29. The van der Waals surface area contributed by atoms with Crippen LogP contribution in [0.4, 0.5) is 5.69 Å². The van der Waals surface area contributed by atoms with E-state index >= 15 is 0 Å². The van der Waals surface area contributed by atoms with E-state index in [1.54, 1.807) is 7.11 Å². The highest BCUT2D eigenvalue weighted by molar-refractivity contribution is 5.78. The molecular weight excluding hydrogens is 300 g/mol. The highest BCUT2D eigenvalue weighted by Crippen LogP contribution is 2.61. The summed E-state index contributed by atoms with van der Waals surface area (Å²) in [7, 11) is 1.55. The summed E-state index contributed by atoms with van der Waals surface area (Å²) in [4.78, 5) is 15.5. The van der Waals surface area contributed by atoms with Crippen molar-refractivity contribution in [3.63, 3.8) is 0 Å². The van der Waals surface area contributed by atoms with Gasteiger partial charge in [-0.1, -0.05) is 31.5 Å². The Morgan fingerprint density at radius 3 is 3.04 bits per heavy atom. The number of anilines is 1. The second-order valence-corrected chi connectivity index (χ2v) is 8.09. The number of hydrogen-bond donors (Lipinski definition) is 1. The van der Waals surface area contributed by atoms with Crippen molar-refractivity contribution in [2.24, 2.45) is 17.8 Å². The topological polar surface area (TPSA) is 41.6 Å². The third-order valence-corrected chi connectivity index (χ3v) is 7.53. The van der Waals surface area contributed by atoms with Gasteiger partial charge in [-0.25, -0.2) is 0 Å². The van der Waals surface area contributed by atoms with Gasteiger partial charge < -0.3 is 10.1 Å². The lowest BCUT2D eigenvalue weighted by atomic mass is 9.54. The van der Waals surface area contributed by atoms with Crippen LogP contribution in [0.3, 0.4) is 0 Å². The molecule has 3 heterocycles. The quantitative estimate of drug-likeness (QED) is 0.849. The molecule has 0 unspecified atom stereocenters. The van der Waals surface area contributed by atoms with E-state index in [-0.39, 0.29) is 23.3 Å². The van der Waals surface area contributed by atoms with Crippen LogP contribution in [0.2, 0.25) is 0 Å². The summed E-state index contributed by atoms with van der Waals surface area (Å²) in [5, 5.41) is 3.77. The zero-order valence-corrected chi connectivity index (χ0v) is 14.5. The Labute approximate surface area is 143 Å². The number of piperidine rings is 1. The Bertz CT molecular complexity index is 690. The van der Waals surface area contributed by atoms with Crippen molar-refractivity contribution in [1.82, 2.24) is 4.90 Å². The zero-order valence-electron chi connectivity index (χ0n) is 14.5. The molecule has 1 aromatic carbocycles. The van der Waals surface area contributed by atoms with Gasteiger partial charge in [0, 0.05) is 23.7 Å². The van der Waals surface area contributed by atoms with Crippen LogP contribution in [0.1, 0.15) is 31.7 Å². The minimum absolute atomic E-state index is 0.0121. The van der Waals surface area contributed by atoms with E-state index in [1.165, 1.54) is 11.3 Å². The number of carbonyl (C=O) groups excluding carboxylic acids is 1. The van der Waals surface area contributed by atoms with Gasteiger partial charge in [0.25, 0.3) is 0 Å². The molecule has 4 nitrogen and oxygen atoms in total. The van der Waals surface area contributed by atoms with Gasteiger partial charge in [-0.3, -0.25) is 9.69 Å². The van der Waals surface area contributed by atoms with Crippen molar-refractivity contribution >= 4 is 11.7 Å². The number of methoxy groups -OCH3 is 1. The number of hydrogen-bond acceptors (Lipinski definition) is 4. The maximum absolute atomic E-state index is 12.8. The fourth-order valence-electron chi connectivity index (χ4n) is 6.57. The summed E-state index contributed by atoms with van der Waals surface area (Å²) in [5.41, 5.74) is 2.76. The molecule has 2 saturated heterocycles. The molecule has 0 aromatic heterocycles. The number of ether oxygens (including phenoxy) is 1. The molecule has 1 spiro atoms. The van der Waals surface area contributed by atoms with Gasteiger partial charge in [-0.05, 0) is 42.9 Å². The van der Waals surface area contributed by atoms with Crippen molar-refractivity contribution in [1.29, 1.82) is 0 Å². The first-order valence-corrected chi connectivity index (χ1v) is 9.38. The minimum atomic E-state index is -0.0242. The van der Waals surface area contributed by atoms with Crippen molar-refractivity contribution in [3.8, 4) is 0 Å². The maximum atomic E-state index is 12.8. The third kappa shape index (κ3) is 1.60. The van der Waals surface area contributed by atoms with E-state index in [0.29, 0.717) is 17.9 Å². The van der Waals surface area contributed by atoms with Crippen molar-refractivity contribution in [2.45, 2.75) is 43.7 Å². The fraction of sp³-hybridized carbons (Fsp3) is 0.650. The lowest BCUT2D eigenvalue weighted by Gasteiger charge is -2.55. The van der Waals surface area contributed by atoms with Crippen molar-refractivity contribution in [2.75, 3.05) is 25.5 Å². The van der Waals surface area contributed by atoms with Gasteiger partial charge in [-0.15, -0.1) is 0 Å². The highest BCUT2D eigenvalue weighted by Gasteiger charge is 2.67. The first kappa shape index (κ1) is 14.8. The van der Waals surface area contributed by atoms with Crippen LogP contribution in [0.5, 0.6) is 0 Å². The van der Waals surface area contributed by atoms with Gasteiger partial charge in [0.1, 0.15) is 0 Å². The van der Waals surface area contributed by atoms with Crippen LogP contribution < -0.4 is 5.32 Å². The van der Waals surface area contributed by atoms with E-state index in [9.17, 15) is 4.79 Å². The fourth-order valence-corrected chi connectivity index (χ4v) is 6.57. The standard InChI is InChI=1S/C20H26N2O2/c1-3-12-11-22-9-8-20-14-6-4-5-7-15(14)21-18(20)17(19(23)24-2)13(12)10-16(20)22/h4-7,12-13,16-18,21H,3,8-11H2,1-2H3/t12-,13+,16+,17-,18+,20-/m1/s1. The smallest absolute Gasteiger partial charge is 0.311 e. The van der Waals surface area contributed by atoms with Crippen LogP contribution in [0, 0.1) is 17.8 Å². The molecule has 0 amide bonds. The minimum Gasteiger partial charge on any atom is -0.469 e. The van der Waals surface area contributed by atoms with Crippen LogP contribution >= 0.6 is 0 Å². The number of benzene rings is 1. The summed E-state index contributed by atoms with van der Waals surface area (Å²) in [6, 6.07) is 9.48. The predicted octanol–water partition coefficient (Wildman–Crippen LogP) is 2.64. The Balaban J connectivity index is 1.68. The molecule has 3 aliphatic heterocycles. The Morgan fingerprint density at radius 2 is 2.25 bits per heavy atom. The van der Waals surface area contributed by atoms with Crippen LogP contribution in [0.15, 0.2) is 24.3 Å². The Morgan fingerprint density at radius 1 is 1.42 bits per heavy atom. The number of fused-ring (bicyclic) bond motifs is 2. The van der Waals surface area contributed by atoms with Crippen molar-refractivity contribution < 1.29 is 9.53 Å². The molecule has 1 saturated carbocycles. The molecule has 5 rings (SSSR count).